The van der Waals surface area contributed by atoms with Crippen LogP contribution in [-0.4, -0.2) is 59.2 Å². The molecular formula is C24H16N4O6. The molecule has 5 heterocycles. The van der Waals surface area contributed by atoms with E-state index < -0.39 is 17.5 Å². The molecule has 5 aliphatic rings. The van der Waals surface area contributed by atoms with Crippen molar-refractivity contribution in [3.05, 3.63) is 94.1 Å². The monoisotopic (exact) mass is 456 g/mol. The van der Waals surface area contributed by atoms with Gasteiger partial charge in [0.1, 0.15) is 17.0 Å². The maximum Gasteiger partial charge on any atom is 0.340 e. The van der Waals surface area contributed by atoms with Gasteiger partial charge in [-0.15, -0.1) is 0 Å². The second kappa shape index (κ2) is 7.93. The number of fused-ring (bicyclic) bond motifs is 4. The highest BCUT2D eigenvalue weighted by Gasteiger charge is 2.36. The SMILES string of the molecule is COC1=C(OC)C2=C(C(=O)O)C3=NC(=CC4=NC(=CC5=NC(=CC1=N2)C=C5)C=C4)C=C3C(=O)O. The lowest BCUT2D eigenvalue weighted by Crippen LogP contribution is -2.20. The van der Waals surface area contributed by atoms with Crippen molar-refractivity contribution >= 4 is 34.8 Å². The van der Waals surface area contributed by atoms with Crippen molar-refractivity contribution in [3.8, 4) is 0 Å². The summed E-state index contributed by atoms with van der Waals surface area (Å²) in [5, 5.41) is 19.9. The molecule has 0 radical (unpaired) electrons. The van der Waals surface area contributed by atoms with Crippen molar-refractivity contribution in [1.29, 1.82) is 0 Å². The summed E-state index contributed by atoms with van der Waals surface area (Å²) in [5.74, 6) is -2.53. The number of hydrogen-bond donors (Lipinski definition) is 2. The molecule has 0 aromatic rings. The van der Waals surface area contributed by atoms with Crippen LogP contribution >= 0.6 is 0 Å². The molecule has 0 unspecified atom stereocenters. The van der Waals surface area contributed by atoms with Crippen LogP contribution in [0.4, 0.5) is 0 Å². The van der Waals surface area contributed by atoms with E-state index in [-0.39, 0.29) is 39.9 Å². The molecule has 168 valence electrons. The molecular weight excluding hydrogens is 440 g/mol. The van der Waals surface area contributed by atoms with Gasteiger partial charge >= 0.3 is 11.9 Å². The minimum atomic E-state index is -1.42. The van der Waals surface area contributed by atoms with E-state index in [9.17, 15) is 19.8 Å². The molecule has 34 heavy (non-hydrogen) atoms. The predicted molar refractivity (Wildman–Crippen MR) is 124 cm³/mol. The molecule has 0 aromatic heterocycles. The zero-order valence-corrected chi connectivity index (χ0v) is 17.9. The van der Waals surface area contributed by atoms with Crippen LogP contribution in [-0.2, 0) is 19.1 Å². The number of allylic oxidation sites excluding steroid dienone is 8. The summed E-state index contributed by atoms with van der Waals surface area (Å²) in [6, 6.07) is 0. The molecule has 2 N–H and O–H groups in total. The minimum Gasteiger partial charge on any atom is -0.491 e. The fourth-order valence-electron chi connectivity index (χ4n) is 3.83. The smallest absolute Gasteiger partial charge is 0.340 e. The lowest BCUT2D eigenvalue weighted by atomic mass is 10.0. The Hall–Kier alpha value is -4.86. The van der Waals surface area contributed by atoms with Gasteiger partial charge in [-0.1, -0.05) is 0 Å². The van der Waals surface area contributed by atoms with Crippen molar-refractivity contribution in [2.24, 2.45) is 20.0 Å². The van der Waals surface area contributed by atoms with E-state index in [1.54, 1.807) is 36.5 Å². The van der Waals surface area contributed by atoms with Crippen LogP contribution in [0.5, 0.6) is 0 Å². The number of ether oxygens (including phenoxy) is 2. The van der Waals surface area contributed by atoms with Gasteiger partial charge in [0.15, 0.2) is 11.5 Å². The fourth-order valence-corrected chi connectivity index (χ4v) is 3.83. The van der Waals surface area contributed by atoms with E-state index in [4.69, 9.17) is 9.47 Å². The van der Waals surface area contributed by atoms with Crippen LogP contribution in [0.15, 0.2) is 114 Å². The van der Waals surface area contributed by atoms with Crippen LogP contribution in [0.3, 0.4) is 0 Å². The first-order valence-electron chi connectivity index (χ1n) is 10.00. The first kappa shape index (κ1) is 21.0. The van der Waals surface area contributed by atoms with E-state index in [2.05, 4.69) is 20.0 Å². The minimum absolute atomic E-state index is 0.0422. The molecule has 0 aliphatic carbocycles. The highest BCUT2D eigenvalue weighted by atomic mass is 16.5. The Morgan fingerprint density at radius 1 is 0.706 bits per heavy atom. The first-order valence-corrected chi connectivity index (χ1v) is 10.00. The molecule has 0 aromatic carbocycles. The topological polar surface area (TPSA) is 142 Å². The third kappa shape index (κ3) is 3.47. The summed E-state index contributed by atoms with van der Waals surface area (Å²) >= 11 is 0. The molecule has 0 saturated heterocycles. The third-order valence-corrected chi connectivity index (χ3v) is 5.24. The largest absolute Gasteiger partial charge is 0.491 e. The third-order valence-electron chi connectivity index (χ3n) is 5.24. The Morgan fingerprint density at radius 2 is 1.32 bits per heavy atom. The molecule has 5 aliphatic heterocycles. The van der Waals surface area contributed by atoms with Crippen LogP contribution in [0.1, 0.15) is 0 Å². The quantitative estimate of drug-likeness (QED) is 0.665. The van der Waals surface area contributed by atoms with Gasteiger partial charge in [0.2, 0.25) is 0 Å². The lowest BCUT2D eigenvalue weighted by molar-refractivity contribution is -0.132. The number of aliphatic imine (C=N–C) groups is 4. The van der Waals surface area contributed by atoms with Crippen molar-refractivity contribution in [1.82, 2.24) is 0 Å². The van der Waals surface area contributed by atoms with Crippen LogP contribution < -0.4 is 0 Å². The number of aliphatic carboxylic acids is 2. The summed E-state index contributed by atoms with van der Waals surface area (Å²) in [6.45, 7) is 0. The highest BCUT2D eigenvalue weighted by Crippen LogP contribution is 2.34. The van der Waals surface area contributed by atoms with Gasteiger partial charge in [-0.05, 0) is 48.6 Å². The fraction of sp³-hybridized carbons (Fsp3) is 0.0833. The van der Waals surface area contributed by atoms with Gasteiger partial charge in [-0.25, -0.2) is 29.6 Å². The zero-order chi connectivity index (χ0) is 24.0. The Labute approximate surface area is 192 Å². The number of rotatable bonds is 4. The number of carboxylic acids is 2. The Kier molecular flexibility index (Phi) is 4.90. The second-order valence-corrected chi connectivity index (χ2v) is 7.36. The van der Waals surface area contributed by atoms with E-state index in [1.807, 2.05) is 6.08 Å². The van der Waals surface area contributed by atoms with Crippen molar-refractivity contribution in [3.63, 3.8) is 0 Å². The standard InChI is InChI=1S/C24H16N4O6/c1-33-21-17-10-14-6-5-12(26-14)7-11-3-4-13(25-11)8-15-9-16(23(29)30)19(27-15)18(24(31)32)20(28-17)22(21)34-2/h3-10H,1-2H3,(H,29,30)(H,31,32). The second-order valence-electron chi connectivity index (χ2n) is 7.36. The summed E-state index contributed by atoms with van der Waals surface area (Å²) in [5.41, 5.74) is 1.83. The van der Waals surface area contributed by atoms with Crippen LogP contribution in [0, 0.1) is 0 Å². The molecule has 0 spiro atoms. The van der Waals surface area contributed by atoms with E-state index in [0.717, 1.165) is 0 Å². The molecule has 0 saturated carbocycles. The van der Waals surface area contributed by atoms with Crippen molar-refractivity contribution in [2.45, 2.75) is 0 Å². The van der Waals surface area contributed by atoms with Gasteiger partial charge < -0.3 is 19.7 Å². The normalized spacial score (nSPS) is 20.3. The maximum absolute atomic E-state index is 12.4. The Balaban J connectivity index is 1.83. The molecule has 0 atom stereocenters. The summed E-state index contributed by atoms with van der Waals surface area (Å²) in [6.07, 6.45) is 13.4. The average molecular weight is 456 g/mol. The molecule has 0 amide bonds. The summed E-state index contributed by atoms with van der Waals surface area (Å²) in [7, 11) is 2.74. The molecule has 10 nitrogen and oxygen atoms in total. The summed E-state index contributed by atoms with van der Waals surface area (Å²) < 4.78 is 10.9. The molecule has 5 rings (SSSR count). The van der Waals surface area contributed by atoms with Gasteiger partial charge in [-0.2, -0.15) is 0 Å². The van der Waals surface area contributed by atoms with Crippen LogP contribution in [0.25, 0.3) is 0 Å². The van der Waals surface area contributed by atoms with Gasteiger partial charge in [-0.3, -0.25) is 0 Å². The average Bonchev–Trinajstić information content (AvgIpc) is 3.56. The first-order chi connectivity index (χ1) is 16.4. The van der Waals surface area contributed by atoms with Crippen molar-refractivity contribution in [2.75, 3.05) is 14.2 Å². The predicted octanol–water partition coefficient (Wildman–Crippen LogP) is 2.44. The Morgan fingerprint density at radius 3 is 1.91 bits per heavy atom. The zero-order valence-electron chi connectivity index (χ0n) is 17.9. The van der Waals surface area contributed by atoms with Crippen molar-refractivity contribution < 1.29 is 29.3 Å². The number of nitrogens with zero attached hydrogens (tertiary/aromatic N) is 4. The van der Waals surface area contributed by atoms with E-state index in [1.165, 1.54) is 20.3 Å². The van der Waals surface area contributed by atoms with Gasteiger partial charge in [0, 0.05) is 0 Å². The molecule has 0 fully saturated rings. The maximum atomic E-state index is 12.4. The van der Waals surface area contributed by atoms with E-state index >= 15 is 0 Å². The number of hydrogen-bond acceptors (Lipinski definition) is 8. The van der Waals surface area contributed by atoms with E-state index in [0.29, 0.717) is 22.8 Å². The number of carboxylic acid groups (broad SMARTS) is 2. The van der Waals surface area contributed by atoms with Gasteiger partial charge in [0.25, 0.3) is 0 Å². The summed E-state index contributed by atoms with van der Waals surface area (Å²) in [4.78, 5) is 42.1. The Bertz CT molecular complexity index is 1450. The highest BCUT2D eigenvalue weighted by molar-refractivity contribution is 6.37. The number of methoxy groups -OCH3 is 2. The van der Waals surface area contributed by atoms with Gasteiger partial charge in [0.05, 0.1) is 54.0 Å². The molecule has 10 heteroatoms. The lowest BCUT2D eigenvalue weighted by Gasteiger charge is -2.10. The molecule has 8 bridgehead atoms. The number of carbonyl (C=O) groups is 2. The van der Waals surface area contributed by atoms with Crippen LogP contribution in [0.2, 0.25) is 0 Å².